The Labute approximate surface area is 153 Å². The minimum atomic E-state index is -0.175. The molecule has 26 heavy (non-hydrogen) atoms. The predicted molar refractivity (Wildman–Crippen MR) is 103 cm³/mol. The highest BCUT2D eigenvalue weighted by Crippen LogP contribution is 2.11. The van der Waals surface area contributed by atoms with Gasteiger partial charge in [-0.2, -0.15) is 0 Å². The van der Waals surface area contributed by atoms with Crippen LogP contribution < -0.4 is 10.2 Å². The van der Waals surface area contributed by atoms with E-state index in [4.69, 9.17) is 0 Å². The number of nitrogens with one attached hydrogen (secondary N) is 1. The largest absolute Gasteiger partial charge is 0.348 e. The lowest BCUT2D eigenvalue weighted by Gasteiger charge is -2.17. The van der Waals surface area contributed by atoms with E-state index in [0.29, 0.717) is 24.6 Å². The summed E-state index contributed by atoms with van der Waals surface area (Å²) < 4.78 is 0. The first kappa shape index (κ1) is 17.6. The van der Waals surface area contributed by atoms with Crippen molar-refractivity contribution in [2.24, 2.45) is 0 Å². The molecule has 0 aliphatic carbocycles. The van der Waals surface area contributed by atoms with E-state index in [9.17, 15) is 4.79 Å². The van der Waals surface area contributed by atoms with Gasteiger partial charge in [-0.15, -0.1) is 0 Å². The summed E-state index contributed by atoms with van der Waals surface area (Å²) in [6.07, 6.45) is 3.13. The van der Waals surface area contributed by atoms with Gasteiger partial charge in [0.25, 0.3) is 5.91 Å². The molecule has 0 saturated heterocycles. The van der Waals surface area contributed by atoms with E-state index in [0.717, 1.165) is 11.1 Å². The molecule has 1 heterocycles. The van der Waals surface area contributed by atoms with E-state index in [2.05, 4.69) is 27.4 Å². The quantitative estimate of drug-likeness (QED) is 0.744. The Hall–Kier alpha value is -3.21. The molecule has 5 heteroatoms. The normalized spacial score (nSPS) is 10.4. The van der Waals surface area contributed by atoms with Gasteiger partial charge in [0, 0.05) is 32.5 Å². The second-order valence-corrected chi connectivity index (χ2v) is 6.22. The van der Waals surface area contributed by atoms with Gasteiger partial charge in [0.2, 0.25) is 5.95 Å². The molecular formula is C21H22N4O. The number of benzene rings is 2. The monoisotopic (exact) mass is 346 g/mol. The van der Waals surface area contributed by atoms with Crippen molar-refractivity contribution in [3.8, 4) is 0 Å². The topological polar surface area (TPSA) is 58.1 Å². The molecule has 3 aromatic rings. The SMILES string of the molecule is Cc1ccccc1CNC(=O)c1cnc(N(C)Cc2ccccc2)nc1. The number of aryl methyl sites for hydroxylation is 1. The van der Waals surface area contributed by atoms with Crippen LogP contribution in [-0.2, 0) is 13.1 Å². The van der Waals surface area contributed by atoms with Crippen LogP contribution in [0.3, 0.4) is 0 Å². The Balaban J connectivity index is 1.60. The first-order chi connectivity index (χ1) is 12.6. The maximum Gasteiger partial charge on any atom is 0.254 e. The summed E-state index contributed by atoms with van der Waals surface area (Å²) in [5.74, 6) is 0.412. The highest BCUT2D eigenvalue weighted by molar-refractivity contribution is 5.93. The number of hydrogen-bond acceptors (Lipinski definition) is 4. The van der Waals surface area contributed by atoms with Crippen molar-refractivity contribution < 1.29 is 4.79 Å². The van der Waals surface area contributed by atoms with Gasteiger partial charge in [0.05, 0.1) is 5.56 Å². The lowest BCUT2D eigenvalue weighted by molar-refractivity contribution is 0.0950. The molecule has 0 aliphatic heterocycles. The second-order valence-electron chi connectivity index (χ2n) is 6.22. The van der Waals surface area contributed by atoms with Gasteiger partial charge in [0.1, 0.15) is 0 Å². The number of carbonyl (C=O) groups excluding carboxylic acids is 1. The van der Waals surface area contributed by atoms with E-state index in [1.54, 1.807) is 12.4 Å². The fourth-order valence-corrected chi connectivity index (χ4v) is 2.65. The molecule has 2 aromatic carbocycles. The Morgan fingerprint density at radius 3 is 2.35 bits per heavy atom. The Kier molecular flexibility index (Phi) is 5.59. The zero-order valence-corrected chi connectivity index (χ0v) is 15.0. The number of rotatable bonds is 6. The van der Waals surface area contributed by atoms with Crippen molar-refractivity contribution in [3.63, 3.8) is 0 Å². The molecule has 1 aromatic heterocycles. The van der Waals surface area contributed by atoms with Crippen molar-refractivity contribution in [1.82, 2.24) is 15.3 Å². The Morgan fingerprint density at radius 2 is 1.65 bits per heavy atom. The third kappa shape index (κ3) is 4.45. The van der Waals surface area contributed by atoms with Crippen LogP contribution in [0.4, 0.5) is 5.95 Å². The molecule has 0 fully saturated rings. The highest BCUT2D eigenvalue weighted by atomic mass is 16.1. The Bertz CT molecular complexity index is 863. The fraction of sp³-hybridized carbons (Fsp3) is 0.190. The lowest BCUT2D eigenvalue weighted by atomic mass is 10.1. The zero-order chi connectivity index (χ0) is 18.4. The van der Waals surface area contributed by atoms with Gasteiger partial charge in [-0.25, -0.2) is 9.97 Å². The predicted octanol–water partition coefficient (Wildman–Crippen LogP) is 3.35. The number of hydrogen-bond donors (Lipinski definition) is 1. The molecule has 132 valence electrons. The Morgan fingerprint density at radius 1 is 1.00 bits per heavy atom. The van der Waals surface area contributed by atoms with E-state index < -0.39 is 0 Å². The third-order valence-corrected chi connectivity index (χ3v) is 4.21. The molecule has 0 atom stereocenters. The summed E-state index contributed by atoms with van der Waals surface area (Å²) in [6, 6.07) is 18.1. The lowest BCUT2D eigenvalue weighted by Crippen LogP contribution is -2.24. The van der Waals surface area contributed by atoms with Crippen molar-refractivity contribution in [3.05, 3.63) is 89.2 Å². The van der Waals surface area contributed by atoms with Crippen LogP contribution in [0.2, 0.25) is 0 Å². The molecule has 0 saturated carbocycles. The highest BCUT2D eigenvalue weighted by Gasteiger charge is 2.10. The number of aromatic nitrogens is 2. The molecule has 5 nitrogen and oxygen atoms in total. The summed E-state index contributed by atoms with van der Waals surface area (Å²) >= 11 is 0. The zero-order valence-electron chi connectivity index (χ0n) is 15.0. The van der Waals surface area contributed by atoms with Crippen LogP contribution in [0, 0.1) is 6.92 Å². The summed E-state index contributed by atoms with van der Waals surface area (Å²) in [7, 11) is 1.93. The van der Waals surface area contributed by atoms with Gasteiger partial charge < -0.3 is 10.2 Å². The van der Waals surface area contributed by atoms with Crippen LogP contribution in [0.15, 0.2) is 67.0 Å². The van der Waals surface area contributed by atoms with E-state index in [-0.39, 0.29) is 5.91 Å². The average molecular weight is 346 g/mol. The standard InChI is InChI=1S/C21H22N4O/c1-16-8-6-7-11-18(16)12-22-20(26)19-13-23-21(24-14-19)25(2)15-17-9-4-3-5-10-17/h3-11,13-14H,12,15H2,1-2H3,(H,22,26). The van der Waals surface area contributed by atoms with Crippen LogP contribution >= 0.6 is 0 Å². The van der Waals surface area contributed by atoms with Gasteiger partial charge in [-0.3, -0.25) is 4.79 Å². The maximum atomic E-state index is 12.3. The number of nitrogens with zero attached hydrogens (tertiary/aromatic N) is 3. The second kappa shape index (κ2) is 8.25. The van der Waals surface area contributed by atoms with E-state index >= 15 is 0 Å². The summed E-state index contributed by atoms with van der Waals surface area (Å²) in [4.78, 5) is 22.9. The van der Waals surface area contributed by atoms with Gasteiger partial charge in [-0.1, -0.05) is 54.6 Å². The minimum absolute atomic E-state index is 0.175. The van der Waals surface area contributed by atoms with Crippen LogP contribution in [0.25, 0.3) is 0 Å². The minimum Gasteiger partial charge on any atom is -0.348 e. The molecule has 1 amide bonds. The summed E-state index contributed by atoms with van der Waals surface area (Å²) in [5, 5.41) is 2.91. The molecule has 3 rings (SSSR count). The van der Waals surface area contributed by atoms with Crippen molar-refractivity contribution in [2.45, 2.75) is 20.0 Å². The molecule has 1 N–H and O–H groups in total. The maximum absolute atomic E-state index is 12.3. The number of amides is 1. The summed E-state index contributed by atoms with van der Waals surface area (Å²) in [5.41, 5.74) is 3.89. The molecular weight excluding hydrogens is 324 g/mol. The van der Waals surface area contributed by atoms with Gasteiger partial charge in [0.15, 0.2) is 0 Å². The van der Waals surface area contributed by atoms with Gasteiger partial charge in [-0.05, 0) is 23.6 Å². The van der Waals surface area contributed by atoms with Crippen molar-refractivity contribution >= 4 is 11.9 Å². The molecule has 0 spiro atoms. The van der Waals surface area contributed by atoms with Crippen LogP contribution in [0.1, 0.15) is 27.0 Å². The fourth-order valence-electron chi connectivity index (χ4n) is 2.65. The van der Waals surface area contributed by atoms with Crippen LogP contribution in [0.5, 0.6) is 0 Å². The summed E-state index contributed by atoms with van der Waals surface area (Å²) in [6.45, 7) is 3.23. The average Bonchev–Trinajstić information content (AvgIpc) is 2.68. The third-order valence-electron chi connectivity index (χ3n) is 4.21. The molecule has 0 aliphatic rings. The molecule has 0 bridgehead atoms. The van der Waals surface area contributed by atoms with Crippen molar-refractivity contribution in [1.29, 1.82) is 0 Å². The molecule has 0 radical (unpaired) electrons. The smallest absolute Gasteiger partial charge is 0.254 e. The van der Waals surface area contributed by atoms with Gasteiger partial charge >= 0.3 is 0 Å². The number of carbonyl (C=O) groups is 1. The molecule has 0 unspecified atom stereocenters. The first-order valence-corrected chi connectivity index (χ1v) is 8.53. The first-order valence-electron chi connectivity index (χ1n) is 8.53. The number of anilines is 1. The van der Waals surface area contributed by atoms with Crippen molar-refractivity contribution in [2.75, 3.05) is 11.9 Å². The van der Waals surface area contributed by atoms with E-state index in [1.165, 1.54) is 5.56 Å². The van der Waals surface area contributed by atoms with Crippen LogP contribution in [-0.4, -0.2) is 22.9 Å². The van der Waals surface area contributed by atoms with E-state index in [1.807, 2.05) is 61.3 Å².